The largest absolute Gasteiger partial charge is 0.444 e. The van der Waals surface area contributed by atoms with E-state index in [1.54, 1.807) is 0 Å². The van der Waals surface area contributed by atoms with Gasteiger partial charge in [0.05, 0.1) is 0 Å². The smallest absolute Gasteiger partial charge is 0.0478 e. The van der Waals surface area contributed by atoms with Crippen LogP contribution in [0, 0.1) is 0 Å². The summed E-state index contributed by atoms with van der Waals surface area (Å²) in [6.45, 7) is -1.31. The Morgan fingerprint density at radius 1 is 1.29 bits per heavy atom. The fourth-order valence-electron chi connectivity index (χ4n) is 0.0511. The van der Waals surface area contributed by atoms with Gasteiger partial charge in [-0.3, -0.25) is 0 Å². The summed E-state index contributed by atoms with van der Waals surface area (Å²) >= 11 is 20.7. The van der Waals surface area contributed by atoms with E-state index in [1.165, 1.54) is 0 Å². The fraction of sp³-hybridized carbons (Fsp3) is 0. The standard InChI is InChI=1S/Cl4NP2/c1-6(2)5-7(3)4/q+1. The van der Waals surface area contributed by atoms with Gasteiger partial charge < -0.3 is 0 Å². The molecule has 0 amide bonds. The van der Waals surface area contributed by atoms with Gasteiger partial charge in [0.15, 0.2) is 0 Å². The third-order valence-electron chi connectivity index (χ3n) is 0.135. The van der Waals surface area contributed by atoms with E-state index in [4.69, 9.17) is 45.0 Å². The minimum atomic E-state index is -1.31. The van der Waals surface area contributed by atoms with Crippen molar-refractivity contribution in [1.29, 1.82) is 0 Å². The van der Waals surface area contributed by atoms with Crippen molar-refractivity contribution in [2.45, 2.75) is 0 Å². The topological polar surface area (TPSA) is 12.4 Å². The molecule has 0 atom stereocenters. The van der Waals surface area contributed by atoms with Crippen LogP contribution in [0.5, 0.6) is 0 Å². The van der Waals surface area contributed by atoms with Gasteiger partial charge in [0.1, 0.15) is 0 Å². The summed E-state index contributed by atoms with van der Waals surface area (Å²) in [5.41, 5.74) is 0. The van der Waals surface area contributed by atoms with E-state index in [0.29, 0.717) is 0 Å². The fourth-order valence-corrected chi connectivity index (χ4v) is 4.14. The quantitative estimate of drug-likeness (QED) is 0.567. The molecule has 0 saturated heterocycles. The van der Waals surface area contributed by atoms with E-state index < -0.39 is 13.2 Å². The number of hydrogen-bond acceptors (Lipinski definition) is 1. The molecular formula is Cl4NP2+. The Hall–Kier alpha value is 1.69. The molecule has 0 aromatic heterocycles. The molecule has 0 spiro atoms. The average molecular weight is 218 g/mol. The molecule has 0 aliphatic heterocycles. The first-order valence-electron chi connectivity index (χ1n) is 1.08. The van der Waals surface area contributed by atoms with Crippen LogP contribution < -0.4 is 0 Å². The molecule has 0 fully saturated rings. The monoisotopic (exact) mass is 216 g/mol. The highest BCUT2D eigenvalue weighted by atomic mass is 35.9. The van der Waals surface area contributed by atoms with Crippen molar-refractivity contribution in [2.24, 2.45) is 4.52 Å². The number of halogens is 4. The Morgan fingerprint density at radius 2 is 1.71 bits per heavy atom. The van der Waals surface area contributed by atoms with Crippen LogP contribution in [0.1, 0.15) is 0 Å². The molecule has 1 nitrogen and oxygen atoms in total. The summed E-state index contributed by atoms with van der Waals surface area (Å²) in [5.74, 6) is 0. The molecule has 42 valence electrons. The zero-order valence-corrected chi connectivity index (χ0v) is 7.67. The minimum Gasteiger partial charge on any atom is -0.0478 e. The van der Waals surface area contributed by atoms with E-state index in [0.717, 1.165) is 0 Å². The van der Waals surface area contributed by atoms with Gasteiger partial charge in [0, 0.05) is 0 Å². The third kappa shape index (κ3) is 7.69. The summed E-state index contributed by atoms with van der Waals surface area (Å²) in [5, 5.41) is 0. The Balaban J connectivity index is 3.45. The van der Waals surface area contributed by atoms with Gasteiger partial charge >= 0.3 is 6.42 Å². The van der Waals surface area contributed by atoms with Crippen LogP contribution in [0.3, 0.4) is 0 Å². The van der Waals surface area contributed by atoms with Crippen LogP contribution in [-0.2, 0) is 0 Å². The molecule has 0 heterocycles. The first kappa shape index (κ1) is 8.69. The lowest BCUT2D eigenvalue weighted by atomic mass is 13.9. The molecule has 0 radical (unpaired) electrons. The van der Waals surface area contributed by atoms with Gasteiger partial charge in [-0.15, -0.1) is 0 Å². The molecule has 7 heavy (non-hydrogen) atoms. The van der Waals surface area contributed by atoms with Crippen molar-refractivity contribution in [3.63, 3.8) is 0 Å². The highest BCUT2D eigenvalue weighted by Gasteiger charge is 2.07. The number of nitrogens with zero attached hydrogens (tertiary/aromatic N) is 1. The van der Waals surface area contributed by atoms with Crippen molar-refractivity contribution < 1.29 is 0 Å². The van der Waals surface area contributed by atoms with E-state index in [1.807, 2.05) is 0 Å². The van der Waals surface area contributed by atoms with Crippen molar-refractivity contribution in [2.75, 3.05) is 0 Å². The van der Waals surface area contributed by atoms with Gasteiger partial charge in [0.2, 0.25) is 22.5 Å². The summed E-state index contributed by atoms with van der Waals surface area (Å²) in [6, 6.07) is 0. The lowest BCUT2D eigenvalue weighted by Gasteiger charge is -1.72. The van der Waals surface area contributed by atoms with E-state index in [9.17, 15) is 0 Å². The molecule has 0 saturated carbocycles. The van der Waals surface area contributed by atoms with Crippen molar-refractivity contribution in [3.05, 3.63) is 0 Å². The molecule has 0 unspecified atom stereocenters. The van der Waals surface area contributed by atoms with Crippen molar-refractivity contribution in [3.8, 4) is 0 Å². The maximum atomic E-state index is 5.18. The van der Waals surface area contributed by atoms with Gasteiger partial charge in [-0.2, -0.15) is 0 Å². The average Bonchev–Trinajstić information content (AvgIpc) is 1.27. The molecule has 7 heteroatoms. The first-order chi connectivity index (χ1) is 3.13. The van der Waals surface area contributed by atoms with Crippen LogP contribution in [-0.4, -0.2) is 0 Å². The van der Waals surface area contributed by atoms with E-state index >= 15 is 0 Å². The van der Waals surface area contributed by atoms with Crippen LogP contribution in [0.15, 0.2) is 4.52 Å². The van der Waals surface area contributed by atoms with E-state index in [2.05, 4.69) is 4.52 Å². The number of hydrogen-bond donors (Lipinski definition) is 0. The third-order valence-corrected chi connectivity index (χ3v) is 3.65. The normalized spacial score (nSPS) is 9.29. The highest BCUT2D eigenvalue weighted by Crippen LogP contribution is 2.56. The molecular weight excluding hydrogens is 218 g/mol. The molecule has 0 N–H and O–H groups in total. The van der Waals surface area contributed by atoms with Crippen LogP contribution in [0.2, 0.25) is 0 Å². The molecule has 0 rings (SSSR count). The number of rotatable bonds is 1. The lowest BCUT2D eigenvalue weighted by molar-refractivity contribution is 2.08. The van der Waals surface area contributed by atoms with Crippen LogP contribution >= 0.6 is 58.2 Å². The molecule has 0 aliphatic rings. The molecule has 0 aliphatic carbocycles. The van der Waals surface area contributed by atoms with Crippen LogP contribution in [0.4, 0.5) is 0 Å². The zero-order valence-electron chi connectivity index (χ0n) is 2.85. The highest BCUT2D eigenvalue weighted by molar-refractivity contribution is 8.09. The summed E-state index contributed by atoms with van der Waals surface area (Å²) in [6.07, 6.45) is -1.31. The Kier molecular flexibility index (Phi) is 5.66. The van der Waals surface area contributed by atoms with E-state index in [-0.39, 0.29) is 0 Å². The van der Waals surface area contributed by atoms with Gasteiger partial charge in [-0.25, -0.2) is 0 Å². The molecule has 0 aromatic rings. The second-order valence-corrected chi connectivity index (χ2v) is 6.98. The second kappa shape index (κ2) is 4.56. The van der Waals surface area contributed by atoms with Gasteiger partial charge in [-0.1, -0.05) is 0 Å². The zero-order chi connectivity index (χ0) is 5.86. The predicted octanol–water partition coefficient (Wildman–Crippen LogP) is 4.66. The Bertz CT molecular complexity index is 73.8. The molecule has 0 aromatic carbocycles. The molecule has 0 bridgehead atoms. The second-order valence-electron chi connectivity index (χ2n) is 0.520. The summed E-state index contributed by atoms with van der Waals surface area (Å²) in [7, 11) is 0. The Labute approximate surface area is 62.7 Å². The summed E-state index contributed by atoms with van der Waals surface area (Å²) < 4.78 is 3.47. The summed E-state index contributed by atoms with van der Waals surface area (Å²) in [4.78, 5) is 0. The Morgan fingerprint density at radius 3 is 1.71 bits per heavy atom. The minimum absolute atomic E-state index is 1.31. The van der Waals surface area contributed by atoms with Gasteiger partial charge in [-0.05, 0) is 27.0 Å². The maximum Gasteiger partial charge on any atom is 0.444 e. The van der Waals surface area contributed by atoms with Crippen LogP contribution in [0.25, 0.3) is 0 Å². The lowest BCUT2D eigenvalue weighted by Crippen LogP contribution is -1.23. The van der Waals surface area contributed by atoms with Crippen molar-refractivity contribution in [1.82, 2.24) is 0 Å². The first-order valence-corrected chi connectivity index (χ1v) is 7.29. The van der Waals surface area contributed by atoms with Crippen molar-refractivity contribution >= 4 is 58.2 Å². The SMILES string of the molecule is ClP(Cl)N=[P+](Cl)Cl. The predicted molar refractivity (Wildman–Crippen MR) is 39.7 cm³/mol. The van der Waals surface area contributed by atoms with Gasteiger partial charge in [0.25, 0.3) is 6.78 Å². The maximum absolute atomic E-state index is 5.18.